The van der Waals surface area contributed by atoms with Gasteiger partial charge in [0.15, 0.2) is 23.0 Å². The number of aryl methyl sites for hydroxylation is 1. The van der Waals surface area contributed by atoms with E-state index in [1.165, 1.54) is 25.7 Å². The number of hydrogen-bond donors (Lipinski definition) is 2. The van der Waals surface area contributed by atoms with Crippen LogP contribution in [0, 0.1) is 12.8 Å². The Morgan fingerprint density at radius 2 is 1.32 bits per heavy atom. The van der Waals surface area contributed by atoms with E-state index in [1.807, 2.05) is 60.2 Å². The van der Waals surface area contributed by atoms with Crippen LogP contribution in [-0.4, -0.2) is 111 Å². The lowest BCUT2D eigenvalue weighted by molar-refractivity contribution is 0.0828. The van der Waals surface area contributed by atoms with E-state index in [0.717, 1.165) is 106 Å². The van der Waals surface area contributed by atoms with Crippen LogP contribution >= 0.6 is 27.5 Å². The summed E-state index contributed by atoms with van der Waals surface area (Å²) in [6, 6.07) is 12.9. The summed E-state index contributed by atoms with van der Waals surface area (Å²) in [4.78, 5) is 53.9. The second-order valence-electron chi connectivity index (χ2n) is 17.4. The van der Waals surface area contributed by atoms with Gasteiger partial charge in [-0.25, -0.2) is 0 Å². The zero-order valence-corrected chi connectivity index (χ0v) is 39.3. The summed E-state index contributed by atoms with van der Waals surface area (Å²) in [5, 5.41) is 8.07. The predicted molar refractivity (Wildman–Crippen MR) is 253 cm³/mol. The predicted octanol–water partition coefficient (Wildman–Crippen LogP) is 8.24. The molecule has 2 amide bonds. The van der Waals surface area contributed by atoms with Crippen LogP contribution in [0.4, 0.5) is 23.5 Å². The Morgan fingerprint density at radius 3 is 1.83 bits per heavy atom. The third-order valence-electron chi connectivity index (χ3n) is 13.2. The number of aromatic nitrogens is 4. The van der Waals surface area contributed by atoms with Crippen molar-refractivity contribution in [3.8, 4) is 5.75 Å². The summed E-state index contributed by atoms with van der Waals surface area (Å²) < 4.78 is 10.4. The molecular weight excluding hydrogens is 884 g/mol. The summed E-state index contributed by atoms with van der Waals surface area (Å²) in [5.74, 6) is 5.85. The van der Waals surface area contributed by atoms with Crippen LogP contribution < -0.4 is 25.2 Å². The van der Waals surface area contributed by atoms with E-state index in [4.69, 9.17) is 26.3 Å². The molecular formula is C46H58BrClN12O3. The van der Waals surface area contributed by atoms with Crippen molar-refractivity contribution in [1.82, 2.24) is 28.9 Å². The monoisotopic (exact) mass is 940 g/mol. The quantitative estimate of drug-likeness (QED) is 0.152. The standard InChI is InChI=1S/C23H29BrN6O2.C23H29ClN6O/c1-4-28-21(31)19-20(29-10-9-25-23(28)29)27-22(26-16-7-5-14(2)11-16)30(19)13-15-6-8-18(32-3)17(24)12-15;1-3-28-21(31)19-20(29-12-11-25-23(28)29)27-22(26-17-7-5-4-6-8-17)30(19)14-16-10-9-15(2)18(24)13-16/h6,8,12,14,16H,4-5,7,9-11,13H2,1-3H3,(H,26,27);9-10,13,17H,3-8,11-12,14H2,1-2H3,(H,26,27)/t14-,16+;/m0./s1. The average molecular weight is 942 g/mol. The molecule has 334 valence electrons. The molecule has 0 bridgehead atoms. The van der Waals surface area contributed by atoms with Gasteiger partial charge in [-0.3, -0.25) is 48.3 Å². The third kappa shape index (κ3) is 8.29. The molecule has 17 heteroatoms. The first-order valence-corrected chi connectivity index (χ1v) is 23.8. The Bertz CT molecular complexity index is 2460. The number of guanidine groups is 2. The fraction of sp³-hybridized carbons (Fsp3) is 0.522. The van der Waals surface area contributed by atoms with Gasteiger partial charge in [0.1, 0.15) is 5.75 Å². The van der Waals surface area contributed by atoms with E-state index in [-0.39, 0.29) is 11.8 Å². The van der Waals surface area contributed by atoms with E-state index in [9.17, 15) is 9.59 Å². The molecule has 10 rings (SSSR count). The van der Waals surface area contributed by atoms with Gasteiger partial charge >= 0.3 is 0 Å². The number of fused-ring (bicyclic) bond motifs is 6. The Hall–Kier alpha value is -5.09. The fourth-order valence-electron chi connectivity index (χ4n) is 9.81. The van der Waals surface area contributed by atoms with Crippen LogP contribution in [0.15, 0.2) is 50.9 Å². The number of halogens is 2. The number of benzene rings is 2. The summed E-state index contributed by atoms with van der Waals surface area (Å²) in [5.41, 5.74) is 4.44. The van der Waals surface area contributed by atoms with E-state index < -0.39 is 0 Å². The summed E-state index contributed by atoms with van der Waals surface area (Å²) in [7, 11) is 1.66. The Morgan fingerprint density at radius 1 is 0.762 bits per heavy atom. The molecule has 6 aliphatic rings. The van der Waals surface area contributed by atoms with Crippen LogP contribution in [0.3, 0.4) is 0 Å². The van der Waals surface area contributed by atoms with Gasteiger partial charge in [-0.1, -0.05) is 56.0 Å². The van der Waals surface area contributed by atoms with E-state index in [2.05, 4.69) is 59.3 Å². The highest BCUT2D eigenvalue weighted by atomic mass is 79.9. The molecule has 2 fully saturated rings. The smallest absolute Gasteiger partial charge is 0.281 e. The van der Waals surface area contributed by atoms with Crippen molar-refractivity contribution >= 4 is 74.8 Å². The zero-order chi connectivity index (χ0) is 43.9. The summed E-state index contributed by atoms with van der Waals surface area (Å²) in [6.45, 7) is 13.4. The lowest BCUT2D eigenvalue weighted by atomic mass is 9.96. The maximum absolute atomic E-state index is 13.6. The van der Waals surface area contributed by atoms with Gasteiger partial charge in [0.2, 0.25) is 23.8 Å². The number of aliphatic imine (C=N–C) groups is 2. The van der Waals surface area contributed by atoms with Crippen LogP contribution in [0.2, 0.25) is 5.02 Å². The Balaban J connectivity index is 0.000000160. The van der Waals surface area contributed by atoms with Gasteiger partial charge in [0, 0.05) is 43.3 Å². The molecule has 63 heavy (non-hydrogen) atoms. The number of carbonyl (C=O) groups excluding carboxylic acids is 2. The Kier molecular flexibility index (Phi) is 12.5. The molecule has 2 saturated carbocycles. The summed E-state index contributed by atoms with van der Waals surface area (Å²) in [6.07, 6.45) is 9.50. The molecule has 2 aromatic heterocycles. The molecule has 2 aliphatic carbocycles. The van der Waals surface area contributed by atoms with Gasteiger partial charge in [-0.15, -0.1) is 0 Å². The molecule has 0 unspecified atom stereocenters. The van der Waals surface area contributed by atoms with Crippen LogP contribution in [0.5, 0.6) is 5.75 Å². The molecule has 6 heterocycles. The van der Waals surface area contributed by atoms with Crippen LogP contribution in [-0.2, 0) is 13.1 Å². The first kappa shape index (κ1) is 43.2. The minimum absolute atomic E-state index is 0.0307. The topological polar surface area (TPSA) is 141 Å². The highest BCUT2D eigenvalue weighted by molar-refractivity contribution is 9.10. The van der Waals surface area contributed by atoms with Crippen molar-refractivity contribution in [2.75, 3.05) is 66.8 Å². The number of carbonyl (C=O) groups is 2. The molecule has 4 aromatic rings. The van der Waals surface area contributed by atoms with Gasteiger partial charge < -0.3 is 15.4 Å². The molecule has 2 N–H and O–H groups in total. The molecule has 0 spiro atoms. The first-order chi connectivity index (χ1) is 30.6. The fourth-order valence-corrected chi connectivity index (χ4v) is 10.6. The number of methoxy groups -OCH3 is 1. The number of nitrogens with zero attached hydrogens (tertiary/aromatic N) is 10. The molecule has 4 aliphatic heterocycles. The van der Waals surface area contributed by atoms with E-state index in [1.54, 1.807) is 16.9 Å². The maximum atomic E-state index is 13.6. The highest BCUT2D eigenvalue weighted by Gasteiger charge is 2.43. The summed E-state index contributed by atoms with van der Waals surface area (Å²) >= 11 is 9.99. The lowest BCUT2D eigenvalue weighted by Crippen LogP contribution is -2.50. The number of nitrogens with one attached hydrogen (secondary N) is 2. The van der Waals surface area contributed by atoms with Crippen molar-refractivity contribution in [1.29, 1.82) is 0 Å². The number of anilines is 4. The largest absolute Gasteiger partial charge is 0.496 e. The number of imidazole rings is 2. The van der Waals surface area contributed by atoms with Gasteiger partial charge in [0.05, 0.1) is 37.8 Å². The second kappa shape index (κ2) is 18.2. The minimum Gasteiger partial charge on any atom is -0.496 e. The van der Waals surface area contributed by atoms with Crippen molar-refractivity contribution in [2.24, 2.45) is 15.9 Å². The Labute approximate surface area is 383 Å². The molecule has 2 aromatic carbocycles. The highest BCUT2D eigenvalue weighted by Crippen LogP contribution is 2.37. The minimum atomic E-state index is -0.0349. The van der Waals surface area contributed by atoms with Gasteiger partial charge in [-0.2, -0.15) is 9.97 Å². The second-order valence-corrected chi connectivity index (χ2v) is 18.7. The number of hydrogen-bond acceptors (Lipinski definition) is 11. The number of amides is 2. The van der Waals surface area contributed by atoms with Crippen LogP contribution in [0.1, 0.15) is 110 Å². The van der Waals surface area contributed by atoms with Crippen LogP contribution in [0.25, 0.3) is 0 Å². The maximum Gasteiger partial charge on any atom is 0.281 e. The van der Waals surface area contributed by atoms with Gasteiger partial charge in [-0.05, 0) is 110 Å². The zero-order valence-electron chi connectivity index (χ0n) is 37.0. The van der Waals surface area contributed by atoms with Gasteiger partial charge in [0.25, 0.3) is 11.8 Å². The van der Waals surface area contributed by atoms with E-state index >= 15 is 0 Å². The first-order valence-electron chi connectivity index (χ1n) is 22.7. The number of ether oxygens (including phenoxy) is 1. The SMILES string of the molecule is CCN1C(=O)c2c(nc(NC3CCCCC3)n2Cc2ccc(C)c(Cl)c2)N2CCN=C12.CCN1C(=O)c2c(nc(N[C@@H]3CC[C@H](C)C3)n2Cc2ccc(OC)c(Br)c2)N2CCN=C12. The average Bonchev–Trinajstić information content (AvgIpc) is 4.13. The normalized spacial score (nSPS) is 20.5. The molecule has 15 nitrogen and oxygen atoms in total. The van der Waals surface area contributed by atoms with Crippen molar-refractivity contribution in [3.05, 3.63) is 74.0 Å². The molecule has 0 radical (unpaired) electrons. The van der Waals surface area contributed by atoms with E-state index in [0.29, 0.717) is 68.7 Å². The van der Waals surface area contributed by atoms with Crippen molar-refractivity contribution < 1.29 is 14.3 Å². The molecule has 0 saturated heterocycles. The lowest BCUT2D eigenvalue weighted by Gasteiger charge is -2.32. The molecule has 2 atom stereocenters. The van der Waals surface area contributed by atoms with Crippen molar-refractivity contribution in [2.45, 2.75) is 104 Å². The number of rotatable bonds is 11. The third-order valence-corrected chi connectivity index (χ3v) is 14.2. The van der Waals surface area contributed by atoms with Crippen molar-refractivity contribution in [3.63, 3.8) is 0 Å².